The number of ether oxygens (including phenoxy) is 2. The standard InChI is InChI=1S/C19H19FN2O3S/c1-3-25-15-7-8-16-17(12-15)26-19(22(16)9-10-24-2)21-18(23)13-5-4-6-14(20)11-13/h4-8,11-12H,3,9-10H2,1-2H3. The number of nitrogens with zero attached hydrogens (tertiary/aromatic N) is 2. The van der Waals surface area contributed by atoms with Crippen molar-refractivity contribution in [2.24, 2.45) is 4.99 Å². The van der Waals surface area contributed by atoms with Gasteiger partial charge in [0.25, 0.3) is 5.91 Å². The molecule has 5 nitrogen and oxygen atoms in total. The lowest BCUT2D eigenvalue weighted by Crippen LogP contribution is -2.19. The van der Waals surface area contributed by atoms with E-state index in [9.17, 15) is 9.18 Å². The number of methoxy groups -OCH3 is 1. The number of fused-ring (bicyclic) bond motifs is 1. The van der Waals surface area contributed by atoms with Crippen molar-refractivity contribution in [2.45, 2.75) is 13.5 Å². The third-order valence-electron chi connectivity index (χ3n) is 3.75. The summed E-state index contributed by atoms with van der Waals surface area (Å²) in [5.41, 5.74) is 1.16. The zero-order chi connectivity index (χ0) is 18.5. The first kappa shape index (κ1) is 18.3. The van der Waals surface area contributed by atoms with Gasteiger partial charge in [-0.2, -0.15) is 4.99 Å². The van der Waals surface area contributed by atoms with Gasteiger partial charge >= 0.3 is 0 Å². The SMILES string of the molecule is CCOc1ccc2c(c1)sc(=NC(=O)c1cccc(F)c1)n2CCOC. The largest absolute Gasteiger partial charge is 0.494 e. The van der Waals surface area contributed by atoms with Gasteiger partial charge in [-0.15, -0.1) is 0 Å². The van der Waals surface area contributed by atoms with E-state index in [0.717, 1.165) is 16.0 Å². The molecule has 136 valence electrons. The summed E-state index contributed by atoms with van der Waals surface area (Å²) < 4.78 is 27.0. The molecule has 0 aliphatic carbocycles. The number of carbonyl (C=O) groups is 1. The third kappa shape index (κ3) is 4.00. The van der Waals surface area contributed by atoms with Crippen LogP contribution in [0.4, 0.5) is 4.39 Å². The van der Waals surface area contributed by atoms with Crippen molar-refractivity contribution in [2.75, 3.05) is 20.3 Å². The van der Waals surface area contributed by atoms with Gasteiger partial charge in [0.05, 0.1) is 23.4 Å². The van der Waals surface area contributed by atoms with Crippen LogP contribution in [0, 0.1) is 5.82 Å². The van der Waals surface area contributed by atoms with Crippen molar-refractivity contribution in [3.8, 4) is 5.75 Å². The monoisotopic (exact) mass is 374 g/mol. The molecule has 0 spiro atoms. The summed E-state index contributed by atoms with van der Waals surface area (Å²) in [5, 5.41) is 0. The van der Waals surface area contributed by atoms with Crippen molar-refractivity contribution in [1.29, 1.82) is 0 Å². The van der Waals surface area contributed by atoms with Crippen LogP contribution in [-0.2, 0) is 11.3 Å². The Morgan fingerprint density at radius 1 is 1.27 bits per heavy atom. The molecule has 3 rings (SSSR count). The minimum absolute atomic E-state index is 0.218. The summed E-state index contributed by atoms with van der Waals surface area (Å²) in [6.45, 7) is 3.55. The number of rotatable bonds is 6. The molecule has 0 aliphatic heterocycles. The van der Waals surface area contributed by atoms with Crippen LogP contribution in [0.15, 0.2) is 47.5 Å². The quantitative estimate of drug-likeness (QED) is 0.662. The summed E-state index contributed by atoms with van der Waals surface area (Å²) >= 11 is 1.39. The molecule has 0 saturated heterocycles. The van der Waals surface area contributed by atoms with Crippen LogP contribution < -0.4 is 9.54 Å². The molecular weight excluding hydrogens is 355 g/mol. The van der Waals surface area contributed by atoms with E-state index in [0.29, 0.717) is 24.6 Å². The Morgan fingerprint density at radius 3 is 2.85 bits per heavy atom. The van der Waals surface area contributed by atoms with Gasteiger partial charge in [-0.1, -0.05) is 17.4 Å². The van der Waals surface area contributed by atoms with Crippen LogP contribution in [0.1, 0.15) is 17.3 Å². The maximum atomic E-state index is 13.4. The molecule has 3 aromatic rings. The molecule has 0 aliphatic rings. The lowest BCUT2D eigenvalue weighted by atomic mass is 10.2. The third-order valence-corrected chi connectivity index (χ3v) is 4.79. The van der Waals surface area contributed by atoms with Gasteiger partial charge in [-0.05, 0) is 43.3 Å². The van der Waals surface area contributed by atoms with Crippen molar-refractivity contribution in [1.82, 2.24) is 4.57 Å². The maximum absolute atomic E-state index is 13.4. The van der Waals surface area contributed by atoms with Crippen molar-refractivity contribution in [3.63, 3.8) is 0 Å². The van der Waals surface area contributed by atoms with Crippen LogP contribution in [0.5, 0.6) is 5.75 Å². The topological polar surface area (TPSA) is 52.8 Å². The van der Waals surface area contributed by atoms with E-state index < -0.39 is 11.7 Å². The van der Waals surface area contributed by atoms with Crippen LogP contribution in [-0.4, -0.2) is 30.8 Å². The molecule has 7 heteroatoms. The summed E-state index contributed by atoms with van der Waals surface area (Å²) in [6.07, 6.45) is 0. The molecule has 0 bridgehead atoms. The first-order chi connectivity index (χ1) is 12.6. The van der Waals surface area contributed by atoms with E-state index in [1.165, 1.54) is 29.5 Å². The Morgan fingerprint density at radius 2 is 2.12 bits per heavy atom. The molecule has 0 unspecified atom stereocenters. The second-order valence-electron chi connectivity index (χ2n) is 5.52. The second-order valence-corrected chi connectivity index (χ2v) is 6.53. The predicted octanol–water partition coefficient (Wildman–Crippen LogP) is 3.63. The molecule has 0 radical (unpaired) electrons. The van der Waals surface area contributed by atoms with Gasteiger partial charge in [0.2, 0.25) is 0 Å². The number of aromatic nitrogens is 1. The number of benzene rings is 2. The van der Waals surface area contributed by atoms with Crippen LogP contribution in [0.25, 0.3) is 10.2 Å². The number of thiazole rings is 1. The van der Waals surface area contributed by atoms with Crippen molar-refractivity contribution >= 4 is 27.5 Å². The van der Waals surface area contributed by atoms with Gasteiger partial charge in [-0.3, -0.25) is 4.79 Å². The summed E-state index contributed by atoms with van der Waals surface area (Å²) in [7, 11) is 1.62. The van der Waals surface area contributed by atoms with Gasteiger partial charge in [0.1, 0.15) is 11.6 Å². The van der Waals surface area contributed by atoms with Crippen LogP contribution in [0.2, 0.25) is 0 Å². The molecule has 0 fully saturated rings. The first-order valence-corrected chi connectivity index (χ1v) is 9.03. The fourth-order valence-corrected chi connectivity index (χ4v) is 3.65. The van der Waals surface area contributed by atoms with Crippen LogP contribution >= 0.6 is 11.3 Å². The molecule has 0 N–H and O–H groups in total. The highest BCUT2D eigenvalue weighted by atomic mass is 32.1. The van der Waals surface area contributed by atoms with Crippen molar-refractivity contribution < 1.29 is 18.7 Å². The smallest absolute Gasteiger partial charge is 0.279 e. The molecular formula is C19H19FN2O3S. The fraction of sp³-hybridized carbons (Fsp3) is 0.263. The Balaban J connectivity index is 2.08. The Hall–Kier alpha value is -2.51. The predicted molar refractivity (Wildman–Crippen MR) is 99.2 cm³/mol. The van der Waals surface area contributed by atoms with Gasteiger partial charge in [-0.25, -0.2) is 4.39 Å². The zero-order valence-electron chi connectivity index (χ0n) is 14.6. The van der Waals surface area contributed by atoms with E-state index >= 15 is 0 Å². The Kier molecular flexibility index (Phi) is 5.80. The van der Waals surface area contributed by atoms with E-state index in [1.54, 1.807) is 13.2 Å². The van der Waals surface area contributed by atoms with E-state index in [-0.39, 0.29) is 5.56 Å². The lowest BCUT2D eigenvalue weighted by Gasteiger charge is -2.05. The van der Waals surface area contributed by atoms with Crippen molar-refractivity contribution in [3.05, 3.63) is 58.6 Å². The fourth-order valence-electron chi connectivity index (χ4n) is 2.57. The Labute approximate surface area is 154 Å². The first-order valence-electron chi connectivity index (χ1n) is 8.22. The van der Waals surface area contributed by atoms with Gasteiger partial charge < -0.3 is 14.0 Å². The molecule has 1 heterocycles. The highest BCUT2D eigenvalue weighted by Gasteiger charge is 2.11. The molecule has 26 heavy (non-hydrogen) atoms. The second kappa shape index (κ2) is 8.25. The minimum Gasteiger partial charge on any atom is -0.494 e. The zero-order valence-corrected chi connectivity index (χ0v) is 15.4. The average Bonchev–Trinajstić information content (AvgIpc) is 2.96. The van der Waals surface area contributed by atoms with Gasteiger partial charge in [0.15, 0.2) is 4.80 Å². The van der Waals surface area contributed by atoms with E-state index in [2.05, 4.69) is 4.99 Å². The number of hydrogen-bond donors (Lipinski definition) is 0. The summed E-state index contributed by atoms with van der Waals surface area (Å²) in [4.78, 5) is 17.2. The molecule has 1 amide bonds. The summed E-state index contributed by atoms with van der Waals surface area (Å²) in [5.74, 6) is -0.175. The maximum Gasteiger partial charge on any atom is 0.279 e. The summed E-state index contributed by atoms with van der Waals surface area (Å²) in [6, 6.07) is 11.3. The minimum atomic E-state index is -0.479. The van der Waals surface area contributed by atoms with Crippen LogP contribution in [0.3, 0.4) is 0 Å². The average molecular weight is 374 g/mol. The Bertz CT molecular complexity index is 994. The normalized spacial score (nSPS) is 11.9. The van der Waals surface area contributed by atoms with E-state index in [1.807, 2.05) is 29.7 Å². The molecule has 0 saturated carbocycles. The van der Waals surface area contributed by atoms with Gasteiger partial charge in [0, 0.05) is 19.2 Å². The number of halogens is 1. The molecule has 0 atom stereocenters. The highest BCUT2D eigenvalue weighted by molar-refractivity contribution is 7.16. The number of hydrogen-bond acceptors (Lipinski definition) is 4. The highest BCUT2D eigenvalue weighted by Crippen LogP contribution is 2.23. The number of carbonyl (C=O) groups excluding carboxylic acids is 1. The number of amides is 1. The molecule has 1 aromatic heterocycles. The van der Waals surface area contributed by atoms with E-state index in [4.69, 9.17) is 9.47 Å². The lowest BCUT2D eigenvalue weighted by molar-refractivity contribution is 0.0997. The molecule has 2 aromatic carbocycles.